The standard InChI is InChI=1S/C18H30N6O/c1-17(2,3)7-12-8-23(18(4,5)6)9-13(25-12)24-11-22-14-15(19)20-10-21-16(14)24/h10-13H,7-9H2,1-6H3,(H2,19,20,21). The van der Waals surface area contributed by atoms with E-state index in [2.05, 4.69) is 61.4 Å². The lowest BCUT2D eigenvalue weighted by atomic mass is 9.88. The van der Waals surface area contributed by atoms with Crippen molar-refractivity contribution in [2.75, 3.05) is 18.8 Å². The van der Waals surface area contributed by atoms with E-state index in [-0.39, 0.29) is 23.3 Å². The number of nitrogens with two attached hydrogens (primary N) is 1. The van der Waals surface area contributed by atoms with Gasteiger partial charge < -0.3 is 10.5 Å². The molecule has 7 nitrogen and oxygen atoms in total. The largest absolute Gasteiger partial charge is 0.382 e. The SMILES string of the molecule is CC(C)(C)CC1CN(C(C)(C)C)CC(n2cnc3c(N)ncnc32)O1. The van der Waals surface area contributed by atoms with Gasteiger partial charge in [0.25, 0.3) is 0 Å². The third-order valence-electron chi connectivity index (χ3n) is 4.64. The number of aromatic nitrogens is 4. The minimum Gasteiger partial charge on any atom is -0.382 e. The maximum atomic E-state index is 6.46. The minimum atomic E-state index is -0.139. The van der Waals surface area contributed by atoms with Gasteiger partial charge in [-0.05, 0) is 32.6 Å². The van der Waals surface area contributed by atoms with Crippen LogP contribution in [-0.4, -0.2) is 49.2 Å². The molecule has 138 valence electrons. The van der Waals surface area contributed by atoms with E-state index >= 15 is 0 Å². The Morgan fingerprint density at radius 3 is 2.48 bits per heavy atom. The second-order valence-electron chi connectivity index (χ2n) is 9.14. The maximum absolute atomic E-state index is 6.46. The molecular formula is C18H30N6O. The fourth-order valence-corrected chi connectivity index (χ4v) is 3.39. The van der Waals surface area contributed by atoms with Crippen LogP contribution in [0, 0.1) is 5.41 Å². The van der Waals surface area contributed by atoms with Crippen LogP contribution in [-0.2, 0) is 4.74 Å². The molecule has 0 aliphatic carbocycles. The summed E-state index contributed by atoms with van der Waals surface area (Å²) >= 11 is 0. The fourth-order valence-electron chi connectivity index (χ4n) is 3.39. The Morgan fingerprint density at radius 2 is 1.84 bits per heavy atom. The second-order valence-corrected chi connectivity index (χ2v) is 9.14. The molecular weight excluding hydrogens is 316 g/mol. The Kier molecular flexibility index (Phi) is 4.49. The zero-order valence-electron chi connectivity index (χ0n) is 16.2. The van der Waals surface area contributed by atoms with Gasteiger partial charge in [-0.15, -0.1) is 0 Å². The van der Waals surface area contributed by atoms with Gasteiger partial charge in [-0.25, -0.2) is 15.0 Å². The highest BCUT2D eigenvalue weighted by molar-refractivity contribution is 5.81. The van der Waals surface area contributed by atoms with E-state index < -0.39 is 0 Å². The van der Waals surface area contributed by atoms with Crippen molar-refractivity contribution in [3.8, 4) is 0 Å². The van der Waals surface area contributed by atoms with E-state index in [9.17, 15) is 0 Å². The molecule has 0 radical (unpaired) electrons. The second kappa shape index (κ2) is 6.21. The van der Waals surface area contributed by atoms with E-state index in [0.717, 1.165) is 25.2 Å². The summed E-state index contributed by atoms with van der Waals surface area (Å²) in [7, 11) is 0. The summed E-state index contributed by atoms with van der Waals surface area (Å²) in [6.45, 7) is 15.2. The van der Waals surface area contributed by atoms with Crippen LogP contribution < -0.4 is 5.73 Å². The summed E-state index contributed by atoms with van der Waals surface area (Å²) < 4.78 is 8.45. The van der Waals surface area contributed by atoms with Crippen molar-refractivity contribution in [3.63, 3.8) is 0 Å². The van der Waals surface area contributed by atoms with E-state index in [1.54, 1.807) is 6.33 Å². The van der Waals surface area contributed by atoms with E-state index in [1.807, 2.05) is 4.57 Å². The molecule has 2 atom stereocenters. The highest BCUT2D eigenvalue weighted by Crippen LogP contribution is 2.33. The van der Waals surface area contributed by atoms with Gasteiger partial charge >= 0.3 is 0 Å². The van der Waals surface area contributed by atoms with Crippen molar-refractivity contribution >= 4 is 17.0 Å². The van der Waals surface area contributed by atoms with Crippen LogP contribution in [0.5, 0.6) is 0 Å². The lowest BCUT2D eigenvalue weighted by Gasteiger charge is -2.46. The van der Waals surface area contributed by atoms with Crippen molar-refractivity contribution in [1.82, 2.24) is 24.4 Å². The quantitative estimate of drug-likeness (QED) is 0.900. The summed E-state index contributed by atoms with van der Waals surface area (Å²) in [5, 5.41) is 0. The molecule has 2 aromatic heterocycles. The van der Waals surface area contributed by atoms with Gasteiger partial charge in [0, 0.05) is 18.6 Å². The molecule has 7 heteroatoms. The number of morpholine rings is 1. The zero-order valence-corrected chi connectivity index (χ0v) is 16.2. The fraction of sp³-hybridized carbons (Fsp3) is 0.722. The van der Waals surface area contributed by atoms with Crippen molar-refractivity contribution < 1.29 is 4.74 Å². The third kappa shape index (κ3) is 3.93. The van der Waals surface area contributed by atoms with Crippen molar-refractivity contribution in [3.05, 3.63) is 12.7 Å². The number of anilines is 1. The molecule has 0 spiro atoms. The van der Waals surface area contributed by atoms with Gasteiger partial charge in [-0.1, -0.05) is 20.8 Å². The van der Waals surface area contributed by atoms with Gasteiger partial charge in [-0.2, -0.15) is 0 Å². The number of hydrogen-bond donors (Lipinski definition) is 1. The molecule has 0 amide bonds. The number of rotatable bonds is 2. The average molecular weight is 346 g/mol. The first-order valence-corrected chi connectivity index (χ1v) is 8.88. The van der Waals surface area contributed by atoms with Crippen LogP contribution in [0.2, 0.25) is 0 Å². The van der Waals surface area contributed by atoms with E-state index in [0.29, 0.717) is 11.3 Å². The summed E-state index contributed by atoms with van der Waals surface area (Å²) in [6.07, 6.45) is 4.27. The molecule has 1 aliphatic heterocycles. The molecule has 1 aliphatic rings. The van der Waals surface area contributed by atoms with Crippen LogP contribution in [0.3, 0.4) is 0 Å². The molecule has 3 heterocycles. The molecule has 1 fully saturated rings. The van der Waals surface area contributed by atoms with Crippen molar-refractivity contribution in [2.45, 2.75) is 65.8 Å². The van der Waals surface area contributed by atoms with Crippen LogP contribution in [0.1, 0.15) is 54.2 Å². The van der Waals surface area contributed by atoms with Crippen LogP contribution in [0.25, 0.3) is 11.2 Å². The van der Waals surface area contributed by atoms with Crippen molar-refractivity contribution in [1.29, 1.82) is 0 Å². The Labute approximate surface area is 149 Å². The molecule has 2 aromatic rings. The molecule has 2 unspecified atom stereocenters. The predicted octanol–water partition coefficient (Wildman–Crippen LogP) is 2.84. The Balaban J connectivity index is 1.94. The van der Waals surface area contributed by atoms with E-state index in [1.165, 1.54) is 6.33 Å². The molecule has 1 saturated heterocycles. The smallest absolute Gasteiger partial charge is 0.167 e. The number of imidazole rings is 1. The molecule has 3 rings (SSSR count). The summed E-state index contributed by atoms with van der Waals surface area (Å²) in [6, 6.07) is 0. The molecule has 0 aromatic carbocycles. The van der Waals surface area contributed by atoms with Crippen molar-refractivity contribution in [2.24, 2.45) is 5.41 Å². The number of nitrogens with zero attached hydrogens (tertiary/aromatic N) is 5. The predicted molar refractivity (Wildman–Crippen MR) is 99.0 cm³/mol. The lowest BCUT2D eigenvalue weighted by molar-refractivity contribution is -0.147. The van der Waals surface area contributed by atoms with E-state index in [4.69, 9.17) is 10.5 Å². The number of fused-ring (bicyclic) bond motifs is 1. The Morgan fingerprint density at radius 1 is 1.12 bits per heavy atom. The highest BCUT2D eigenvalue weighted by Gasteiger charge is 2.36. The van der Waals surface area contributed by atoms with Crippen LogP contribution in [0.15, 0.2) is 12.7 Å². The number of ether oxygens (including phenoxy) is 1. The van der Waals surface area contributed by atoms with Gasteiger partial charge in [0.15, 0.2) is 11.5 Å². The number of hydrogen-bond acceptors (Lipinski definition) is 6. The summed E-state index contributed by atoms with van der Waals surface area (Å²) in [5.41, 5.74) is 7.56. The van der Waals surface area contributed by atoms with Gasteiger partial charge in [0.1, 0.15) is 18.1 Å². The minimum absolute atomic E-state index is 0.0720. The van der Waals surface area contributed by atoms with Crippen LogP contribution in [0.4, 0.5) is 5.82 Å². The first-order chi connectivity index (χ1) is 11.5. The highest BCUT2D eigenvalue weighted by atomic mass is 16.5. The third-order valence-corrected chi connectivity index (χ3v) is 4.64. The summed E-state index contributed by atoms with van der Waals surface area (Å²) in [4.78, 5) is 15.3. The molecule has 25 heavy (non-hydrogen) atoms. The van der Waals surface area contributed by atoms with Gasteiger partial charge in [-0.3, -0.25) is 9.47 Å². The Hall–Kier alpha value is -1.73. The normalized spacial score (nSPS) is 23.3. The molecule has 0 saturated carbocycles. The molecule has 2 N–H and O–H groups in total. The monoisotopic (exact) mass is 346 g/mol. The van der Waals surface area contributed by atoms with Gasteiger partial charge in [0.2, 0.25) is 0 Å². The average Bonchev–Trinajstić information content (AvgIpc) is 2.89. The van der Waals surface area contributed by atoms with Crippen LogP contribution >= 0.6 is 0 Å². The maximum Gasteiger partial charge on any atom is 0.167 e. The number of nitrogen functional groups attached to an aromatic ring is 1. The van der Waals surface area contributed by atoms with Gasteiger partial charge in [0.05, 0.1) is 12.4 Å². The first-order valence-electron chi connectivity index (χ1n) is 8.88. The lowest BCUT2D eigenvalue weighted by Crippen LogP contribution is -2.53. The zero-order chi connectivity index (χ0) is 18.4. The Bertz CT molecular complexity index is 742. The molecule has 0 bridgehead atoms. The first kappa shape index (κ1) is 18.1. The topological polar surface area (TPSA) is 82.1 Å². The summed E-state index contributed by atoms with van der Waals surface area (Å²) in [5.74, 6) is 0.401.